The van der Waals surface area contributed by atoms with Crippen molar-refractivity contribution in [1.82, 2.24) is 4.90 Å². The summed E-state index contributed by atoms with van der Waals surface area (Å²) in [5.41, 5.74) is 0.777. The normalized spacial score (nSPS) is 18.8. The molecule has 0 aliphatic carbocycles. The van der Waals surface area contributed by atoms with Gasteiger partial charge in [-0.25, -0.2) is 0 Å². The van der Waals surface area contributed by atoms with Crippen molar-refractivity contribution in [2.75, 3.05) is 13.1 Å². The fraction of sp³-hybridized carbons (Fsp3) is 0.500. The molecule has 0 saturated carbocycles. The van der Waals surface area contributed by atoms with Crippen molar-refractivity contribution in [3.05, 3.63) is 34.9 Å². The molecular formula is C16H20ClNO2. The first-order valence-corrected chi connectivity index (χ1v) is 7.32. The first-order chi connectivity index (χ1) is 9.37. The Morgan fingerprint density at radius 2 is 1.90 bits per heavy atom. The Morgan fingerprint density at radius 3 is 2.55 bits per heavy atom. The molecule has 108 valence electrons. The number of likely N-dealkylation sites (tertiary alicyclic amines) is 1. The number of amides is 1. The summed E-state index contributed by atoms with van der Waals surface area (Å²) in [6.07, 6.45) is 2.35. The van der Waals surface area contributed by atoms with Crippen LogP contribution in [-0.4, -0.2) is 29.7 Å². The SMILES string of the molecule is CC1(C)CCC(=O)N(CC(=O)c2ccc(Cl)cc2)CC1. The number of halogens is 1. The molecule has 0 N–H and O–H groups in total. The average molecular weight is 294 g/mol. The Balaban J connectivity index is 2.03. The smallest absolute Gasteiger partial charge is 0.222 e. The Kier molecular flexibility index (Phi) is 4.48. The topological polar surface area (TPSA) is 37.4 Å². The summed E-state index contributed by atoms with van der Waals surface area (Å²) < 4.78 is 0. The third kappa shape index (κ3) is 3.83. The van der Waals surface area contributed by atoms with Crippen molar-refractivity contribution in [3.63, 3.8) is 0 Å². The van der Waals surface area contributed by atoms with E-state index in [9.17, 15) is 9.59 Å². The van der Waals surface area contributed by atoms with E-state index in [1.54, 1.807) is 29.2 Å². The summed E-state index contributed by atoms with van der Waals surface area (Å²) in [7, 11) is 0. The Bertz CT molecular complexity index is 508. The zero-order chi connectivity index (χ0) is 14.8. The lowest BCUT2D eigenvalue weighted by atomic mass is 9.85. The van der Waals surface area contributed by atoms with Gasteiger partial charge in [-0.3, -0.25) is 9.59 Å². The van der Waals surface area contributed by atoms with Crippen LogP contribution >= 0.6 is 11.6 Å². The van der Waals surface area contributed by atoms with Crippen LogP contribution in [0, 0.1) is 5.41 Å². The highest BCUT2D eigenvalue weighted by atomic mass is 35.5. The van der Waals surface area contributed by atoms with Crippen LogP contribution in [0.2, 0.25) is 5.02 Å². The molecular weight excluding hydrogens is 274 g/mol. The number of carbonyl (C=O) groups is 2. The van der Waals surface area contributed by atoms with Crippen molar-refractivity contribution in [1.29, 1.82) is 0 Å². The summed E-state index contributed by atoms with van der Waals surface area (Å²) in [6.45, 7) is 5.16. The molecule has 1 aliphatic rings. The predicted octanol–water partition coefficient (Wildman–Crippen LogP) is 3.56. The number of benzene rings is 1. The lowest BCUT2D eigenvalue weighted by Crippen LogP contribution is -2.35. The third-order valence-electron chi connectivity index (χ3n) is 3.93. The van der Waals surface area contributed by atoms with Gasteiger partial charge in [-0.1, -0.05) is 25.4 Å². The summed E-state index contributed by atoms with van der Waals surface area (Å²) in [4.78, 5) is 26.0. The quantitative estimate of drug-likeness (QED) is 0.799. The van der Waals surface area contributed by atoms with Crippen molar-refractivity contribution < 1.29 is 9.59 Å². The van der Waals surface area contributed by atoms with Crippen molar-refractivity contribution in [3.8, 4) is 0 Å². The van der Waals surface area contributed by atoms with Gasteiger partial charge in [0.1, 0.15) is 0 Å². The lowest BCUT2D eigenvalue weighted by Gasteiger charge is -2.23. The van der Waals surface area contributed by atoms with E-state index < -0.39 is 0 Å². The molecule has 1 aliphatic heterocycles. The molecule has 1 amide bonds. The van der Waals surface area contributed by atoms with Crippen LogP contribution in [0.5, 0.6) is 0 Å². The van der Waals surface area contributed by atoms with E-state index in [0.29, 0.717) is 23.6 Å². The molecule has 0 radical (unpaired) electrons. The molecule has 1 heterocycles. The standard InChI is InChI=1S/C16H20ClNO2/c1-16(2)8-7-15(20)18(10-9-16)11-14(19)12-3-5-13(17)6-4-12/h3-6H,7-11H2,1-2H3. The van der Waals surface area contributed by atoms with E-state index in [2.05, 4.69) is 13.8 Å². The molecule has 0 aromatic heterocycles. The van der Waals surface area contributed by atoms with Gasteiger partial charge in [0.2, 0.25) is 5.91 Å². The fourth-order valence-electron chi connectivity index (χ4n) is 2.36. The largest absolute Gasteiger partial charge is 0.335 e. The second-order valence-corrected chi connectivity index (χ2v) is 6.60. The first kappa shape index (κ1) is 15.0. The number of hydrogen-bond donors (Lipinski definition) is 0. The Labute approximate surface area is 124 Å². The average Bonchev–Trinajstić information content (AvgIpc) is 2.52. The van der Waals surface area contributed by atoms with Crippen molar-refractivity contribution in [2.45, 2.75) is 33.1 Å². The highest BCUT2D eigenvalue weighted by Gasteiger charge is 2.28. The van der Waals surface area contributed by atoms with Gasteiger partial charge in [-0.05, 0) is 42.5 Å². The van der Waals surface area contributed by atoms with E-state index in [0.717, 1.165) is 12.8 Å². The van der Waals surface area contributed by atoms with E-state index in [1.807, 2.05) is 0 Å². The van der Waals surface area contributed by atoms with Crippen LogP contribution in [0.15, 0.2) is 24.3 Å². The molecule has 0 atom stereocenters. The molecule has 0 bridgehead atoms. The number of nitrogens with zero attached hydrogens (tertiary/aromatic N) is 1. The molecule has 1 saturated heterocycles. The van der Waals surface area contributed by atoms with Crippen molar-refractivity contribution in [2.24, 2.45) is 5.41 Å². The van der Waals surface area contributed by atoms with Gasteiger partial charge in [0, 0.05) is 23.6 Å². The maximum absolute atomic E-state index is 12.2. The number of rotatable bonds is 3. The van der Waals surface area contributed by atoms with Crippen LogP contribution in [0.1, 0.15) is 43.5 Å². The minimum Gasteiger partial charge on any atom is -0.335 e. The van der Waals surface area contributed by atoms with Crippen molar-refractivity contribution >= 4 is 23.3 Å². The van der Waals surface area contributed by atoms with Crippen LogP contribution in [0.3, 0.4) is 0 Å². The van der Waals surface area contributed by atoms with Gasteiger partial charge in [0.25, 0.3) is 0 Å². The predicted molar refractivity (Wildman–Crippen MR) is 80.0 cm³/mol. The second-order valence-electron chi connectivity index (χ2n) is 6.16. The number of carbonyl (C=O) groups excluding carboxylic acids is 2. The van der Waals surface area contributed by atoms with Gasteiger partial charge in [-0.15, -0.1) is 0 Å². The molecule has 0 spiro atoms. The summed E-state index contributed by atoms with van der Waals surface area (Å²) in [5.74, 6) is 0.0487. The molecule has 1 fully saturated rings. The van der Waals surface area contributed by atoms with Gasteiger partial charge >= 0.3 is 0 Å². The maximum Gasteiger partial charge on any atom is 0.222 e. The molecule has 2 rings (SSSR count). The van der Waals surface area contributed by atoms with Gasteiger partial charge in [0.05, 0.1) is 6.54 Å². The number of hydrogen-bond acceptors (Lipinski definition) is 2. The molecule has 1 aromatic carbocycles. The van der Waals surface area contributed by atoms with E-state index >= 15 is 0 Å². The molecule has 1 aromatic rings. The van der Waals surface area contributed by atoms with Gasteiger partial charge in [0.15, 0.2) is 5.78 Å². The Morgan fingerprint density at radius 1 is 1.25 bits per heavy atom. The highest BCUT2D eigenvalue weighted by molar-refractivity contribution is 6.30. The monoisotopic (exact) mass is 293 g/mol. The van der Waals surface area contributed by atoms with E-state index in [1.165, 1.54) is 0 Å². The number of Topliss-reactive ketones (excluding diaryl/α,β-unsaturated/α-hetero) is 1. The summed E-state index contributed by atoms with van der Waals surface area (Å²) >= 11 is 5.81. The highest BCUT2D eigenvalue weighted by Crippen LogP contribution is 2.30. The molecule has 3 nitrogen and oxygen atoms in total. The Hall–Kier alpha value is -1.35. The van der Waals surface area contributed by atoms with Crippen LogP contribution in [0.25, 0.3) is 0 Å². The van der Waals surface area contributed by atoms with Gasteiger partial charge < -0.3 is 4.90 Å². The molecule has 4 heteroatoms. The van der Waals surface area contributed by atoms with Crippen LogP contribution in [0.4, 0.5) is 0 Å². The minimum absolute atomic E-state index is 0.0327. The van der Waals surface area contributed by atoms with Crippen LogP contribution in [-0.2, 0) is 4.79 Å². The molecule has 0 unspecified atom stereocenters. The van der Waals surface area contributed by atoms with Crippen LogP contribution < -0.4 is 0 Å². The zero-order valence-electron chi connectivity index (χ0n) is 12.0. The number of ketones is 1. The molecule has 20 heavy (non-hydrogen) atoms. The maximum atomic E-state index is 12.2. The lowest BCUT2D eigenvalue weighted by molar-refractivity contribution is -0.130. The minimum atomic E-state index is -0.0327. The first-order valence-electron chi connectivity index (χ1n) is 6.94. The van der Waals surface area contributed by atoms with E-state index in [4.69, 9.17) is 11.6 Å². The fourth-order valence-corrected chi connectivity index (χ4v) is 2.48. The zero-order valence-corrected chi connectivity index (χ0v) is 12.7. The third-order valence-corrected chi connectivity index (χ3v) is 4.18. The summed E-state index contributed by atoms with van der Waals surface area (Å²) in [5, 5.41) is 0.606. The van der Waals surface area contributed by atoms with Gasteiger partial charge in [-0.2, -0.15) is 0 Å². The van der Waals surface area contributed by atoms with E-state index in [-0.39, 0.29) is 23.7 Å². The summed E-state index contributed by atoms with van der Waals surface area (Å²) in [6, 6.07) is 6.80. The second kappa shape index (κ2) is 5.96.